The third-order valence-corrected chi connectivity index (χ3v) is 2.23. The third-order valence-electron chi connectivity index (χ3n) is 2.23. The van der Waals surface area contributed by atoms with Crippen molar-refractivity contribution < 1.29 is 0 Å². The van der Waals surface area contributed by atoms with E-state index in [1.165, 1.54) is 0 Å². The molecule has 3 heteroatoms. The summed E-state index contributed by atoms with van der Waals surface area (Å²) in [6.07, 6.45) is 6.69. The SMILES string of the molecule is C=CCCNCc1cnc(C(C)(C)C)nc1. The van der Waals surface area contributed by atoms with Crippen LogP contribution >= 0.6 is 0 Å². The average molecular weight is 219 g/mol. The van der Waals surface area contributed by atoms with Gasteiger partial charge in [-0.3, -0.25) is 0 Å². The second-order valence-electron chi connectivity index (χ2n) is 4.92. The van der Waals surface area contributed by atoms with Gasteiger partial charge in [0.2, 0.25) is 0 Å². The molecule has 0 spiro atoms. The Kier molecular flexibility index (Phi) is 4.62. The third kappa shape index (κ3) is 4.11. The van der Waals surface area contributed by atoms with Gasteiger partial charge in [-0.2, -0.15) is 0 Å². The molecule has 0 aliphatic carbocycles. The van der Waals surface area contributed by atoms with Crippen LogP contribution in [0.1, 0.15) is 38.6 Å². The molecule has 1 rings (SSSR count). The quantitative estimate of drug-likeness (QED) is 0.610. The van der Waals surface area contributed by atoms with Gasteiger partial charge in [-0.25, -0.2) is 9.97 Å². The molecule has 0 unspecified atom stereocenters. The summed E-state index contributed by atoms with van der Waals surface area (Å²) in [6.45, 7) is 11.8. The van der Waals surface area contributed by atoms with E-state index in [0.717, 1.165) is 30.9 Å². The lowest BCUT2D eigenvalue weighted by Gasteiger charge is -2.16. The Bertz CT molecular complexity index is 322. The predicted molar refractivity (Wildman–Crippen MR) is 67.3 cm³/mol. The maximum absolute atomic E-state index is 4.38. The zero-order valence-corrected chi connectivity index (χ0v) is 10.5. The van der Waals surface area contributed by atoms with Crippen LogP contribution in [-0.2, 0) is 12.0 Å². The number of nitrogens with zero attached hydrogens (tertiary/aromatic N) is 2. The van der Waals surface area contributed by atoms with Gasteiger partial charge < -0.3 is 5.32 Å². The van der Waals surface area contributed by atoms with Crippen molar-refractivity contribution in [2.75, 3.05) is 6.54 Å². The van der Waals surface area contributed by atoms with Crippen molar-refractivity contribution in [1.29, 1.82) is 0 Å². The fourth-order valence-electron chi connectivity index (χ4n) is 1.27. The lowest BCUT2D eigenvalue weighted by atomic mass is 9.96. The summed E-state index contributed by atoms with van der Waals surface area (Å²) in [4.78, 5) is 8.76. The van der Waals surface area contributed by atoms with E-state index in [4.69, 9.17) is 0 Å². The molecule has 0 radical (unpaired) electrons. The first-order valence-electron chi connectivity index (χ1n) is 5.67. The van der Waals surface area contributed by atoms with Gasteiger partial charge in [0.1, 0.15) is 5.82 Å². The van der Waals surface area contributed by atoms with E-state index in [2.05, 4.69) is 42.6 Å². The van der Waals surface area contributed by atoms with E-state index in [1.807, 2.05) is 18.5 Å². The number of aromatic nitrogens is 2. The predicted octanol–water partition coefficient (Wildman–Crippen LogP) is 2.44. The zero-order chi connectivity index (χ0) is 12.0. The van der Waals surface area contributed by atoms with Crippen LogP contribution < -0.4 is 5.32 Å². The largest absolute Gasteiger partial charge is 0.312 e. The molecule has 0 aliphatic heterocycles. The highest BCUT2D eigenvalue weighted by Crippen LogP contribution is 2.16. The second kappa shape index (κ2) is 5.75. The Balaban J connectivity index is 2.48. The molecule has 0 bridgehead atoms. The molecule has 1 aromatic heterocycles. The van der Waals surface area contributed by atoms with E-state index >= 15 is 0 Å². The standard InChI is InChI=1S/C13H21N3/c1-5-6-7-14-8-11-9-15-12(16-10-11)13(2,3)4/h5,9-10,14H,1,6-8H2,2-4H3. The minimum atomic E-state index is 0.0226. The molecular weight excluding hydrogens is 198 g/mol. The Labute approximate surface area is 98.0 Å². The second-order valence-corrected chi connectivity index (χ2v) is 4.92. The van der Waals surface area contributed by atoms with Crippen LogP contribution in [0.5, 0.6) is 0 Å². The van der Waals surface area contributed by atoms with Crippen molar-refractivity contribution in [2.45, 2.75) is 39.2 Å². The smallest absolute Gasteiger partial charge is 0.133 e. The van der Waals surface area contributed by atoms with Crippen LogP contribution in [0.25, 0.3) is 0 Å². The lowest BCUT2D eigenvalue weighted by Crippen LogP contribution is -2.18. The molecule has 0 saturated carbocycles. The minimum absolute atomic E-state index is 0.0226. The van der Waals surface area contributed by atoms with Crippen molar-refractivity contribution in [2.24, 2.45) is 0 Å². The number of hydrogen-bond acceptors (Lipinski definition) is 3. The Hall–Kier alpha value is -1.22. The molecule has 0 atom stereocenters. The molecular formula is C13H21N3. The van der Waals surface area contributed by atoms with E-state index in [0.29, 0.717) is 0 Å². The van der Waals surface area contributed by atoms with Gasteiger partial charge in [-0.1, -0.05) is 26.8 Å². The fraction of sp³-hybridized carbons (Fsp3) is 0.538. The molecule has 0 amide bonds. The van der Waals surface area contributed by atoms with Gasteiger partial charge in [-0.05, 0) is 13.0 Å². The van der Waals surface area contributed by atoms with Crippen LogP contribution in [0.3, 0.4) is 0 Å². The Morgan fingerprint density at radius 1 is 1.31 bits per heavy atom. The van der Waals surface area contributed by atoms with Gasteiger partial charge >= 0.3 is 0 Å². The fourth-order valence-corrected chi connectivity index (χ4v) is 1.27. The van der Waals surface area contributed by atoms with E-state index in [1.54, 1.807) is 0 Å². The lowest BCUT2D eigenvalue weighted by molar-refractivity contribution is 0.542. The highest BCUT2D eigenvalue weighted by molar-refractivity contribution is 5.09. The summed E-state index contributed by atoms with van der Waals surface area (Å²) in [6, 6.07) is 0. The van der Waals surface area contributed by atoms with Crippen molar-refractivity contribution in [3.63, 3.8) is 0 Å². The summed E-state index contributed by atoms with van der Waals surface area (Å²) in [5.41, 5.74) is 1.14. The van der Waals surface area contributed by atoms with Crippen LogP contribution in [0.2, 0.25) is 0 Å². The van der Waals surface area contributed by atoms with Crippen molar-refractivity contribution in [3.8, 4) is 0 Å². The monoisotopic (exact) mass is 219 g/mol. The molecule has 1 aromatic rings. The van der Waals surface area contributed by atoms with Gasteiger partial charge in [-0.15, -0.1) is 6.58 Å². The molecule has 1 N–H and O–H groups in total. The molecule has 3 nitrogen and oxygen atoms in total. The number of nitrogens with one attached hydrogen (secondary N) is 1. The molecule has 0 aromatic carbocycles. The van der Waals surface area contributed by atoms with Crippen LogP contribution in [-0.4, -0.2) is 16.5 Å². The van der Waals surface area contributed by atoms with Gasteiger partial charge in [0.05, 0.1) is 0 Å². The Morgan fingerprint density at radius 2 is 1.94 bits per heavy atom. The summed E-state index contributed by atoms with van der Waals surface area (Å²) in [5, 5.41) is 3.31. The van der Waals surface area contributed by atoms with Crippen molar-refractivity contribution >= 4 is 0 Å². The topological polar surface area (TPSA) is 37.8 Å². The summed E-state index contributed by atoms with van der Waals surface area (Å²) in [5.74, 6) is 0.891. The maximum atomic E-state index is 4.38. The van der Waals surface area contributed by atoms with Crippen LogP contribution in [0, 0.1) is 0 Å². The summed E-state index contributed by atoms with van der Waals surface area (Å²) in [7, 11) is 0. The highest BCUT2D eigenvalue weighted by Gasteiger charge is 2.16. The van der Waals surface area contributed by atoms with Gasteiger partial charge in [0.25, 0.3) is 0 Å². The maximum Gasteiger partial charge on any atom is 0.133 e. The minimum Gasteiger partial charge on any atom is -0.312 e. The number of rotatable bonds is 5. The first-order valence-corrected chi connectivity index (χ1v) is 5.67. The molecule has 0 aliphatic rings. The van der Waals surface area contributed by atoms with E-state index in [9.17, 15) is 0 Å². The van der Waals surface area contributed by atoms with Crippen LogP contribution in [0.4, 0.5) is 0 Å². The first-order chi connectivity index (χ1) is 7.54. The van der Waals surface area contributed by atoms with E-state index in [-0.39, 0.29) is 5.41 Å². The Morgan fingerprint density at radius 3 is 2.44 bits per heavy atom. The molecule has 0 saturated heterocycles. The average Bonchev–Trinajstić information content (AvgIpc) is 2.24. The normalized spacial score (nSPS) is 11.4. The van der Waals surface area contributed by atoms with E-state index < -0.39 is 0 Å². The molecule has 88 valence electrons. The van der Waals surface area contributed by atoms with Crippen molar-refractivity contribution in [3.05, 3.63) is 36.4 Å². The molecule has 0 fully saturated rings. The van der Waals surface area contributed by atoms with Crippen molar-refractivity contribution in [1.82, 2.24) is 15.3 Å². The highest BCUT2D eigenvalue weighted by atomic mass is 14.9. The number of hydrogen-bond donors (Lipinski definition) is 1. The zero-order valence-electron chi connectivity index (χ0n) is 10.5. The molecule has 16 heavy (non-hydrogen) atoms. The van der Waals surface area contributed by atoms with Gasteiger partial charge in [0.15, 0.2) is 0 Å². The van der Waals surface area contributed by atoms with Crippen LogP contribution in [0.15, 0.2) is 25.0 Å². The summed E-state index contributed by atoms with van der Waals surface area (Å²) < 4.78 is 0. The first kappa shape index (κ1) is 12.8. The van der Waals surface area contributed by atoms with Gasteiger partial charge in [0, 0.05) is 29.9 Å². The molecule has 1 heterocycles. The summed E-state index contributed by atoms with van der Waals surface area (Å²) >= 11 is 0.